The van der Waals surface area contributed by atoms with Crippen LogP contribution in [0.5, 0.6) is 0 Å². The van der Waals surface area contributed by atoms with Crippen molar-refractivity contribution in [3.8, 4) is 0 Å². The lowest BCUT2D eigenvalue weighted by Crippen LogP contribution is -2.38. The van der Waals surface area contributed by atoms with Gasteiger partial charge in [0.15, 0.2) is 6.04 Å². The largest absolute Gasteiger partial charge is 0.405 e. The number of carbonyl (C=O) groups is 2. The third kappa shape index (κ3) is 4.12. The van der Waals surface area contributed by atoms with Gasteiger partial charge in [0, 0.05) is 23.5 Å². The molecule has 0 spiro atoms. The van der Waals surface area contributed by atoms with E-state index in [2.05, 4.69) is 15.3 Å². The monoisotopic (exact) mass is 399 g/mol. The van der Waals surface area contributed by atoms with E-state index in [-0.39, 0.29) is 11.8 Å². The van der Waals surface area contributed by atoms with Gasteiger partial charge in [0.2, 0.25) is 5.90 Å². The van der Waals surface area contributed by atoms with Gasteiger partial charge in [-0.15, -0.1) is 0 Å². The number of benzene rings is 2. The Morgan fingerprint density at radius 3 is 2.33 bits per heavy atom. The van der Waals surface area contributed by atoms with Crippen LogP contribution in [0.15, 0.2) is 78.0 Å². The minimum Gasteiger partial charge on any atom is -0.405 e. The third-order valence-electron chi connectivity index (χ3n) is 4.87. The maximum absolute atomic E-state index is 13.0. The van der Waals surface area contributed by atoms with Crippen molar-refractivity contribution in [3.63, 3.8) is 0 Å². The van der Waals surface area contributed by atoms with Crippen molar-refractivity contribution in [2.45, 2.75) is 25.9 Å². The summed E-state index contributed by atoms with van der Waals surface area (Å²) >= 11 is 0. The predicted molar refractivity (Wildman–Crippen MR) is 113 cm³/mol. The van der Waals surface area contributed by atoms with Gasteiger partial charge in [0.25, 0.3) is 5.91 Å². The molecule has 0 bridgehead atoms. The van der Waals surface area contributed by atoms with Crippen LogP contribution in [0.25, 0.3) is 0 Å². The molecule has 2 atom stereocenters. The van der Waals surface area contributed by atoms with E-state index in [1.54, 1.807) is 24.5 Å². The summed E-state index contributed by atoms with van der Waals surface area (Å²) < 4.78 is 5.43. The predicted octanol–water partition coefficient (Wildman–Crippen LogP) is 3.54. The van der Waals surface area contributed by atoms with Crippen LogP contribution >= 0.6 is 0 Å². The van der Waals surface area contributed by atoms with Crippen LogP contribution < -0.4 is 5.32 Å². The first-order valence-corrected chi connectivity index (χ1v) is 9.65. The minimum absolute atomic E-state index is 0.255. The number of nitrogens with zero attached hydrogens (tertiary/aromatic N) is 2. The number of amides is 1. The number of aryl methyl sites for hydroxylation is 2. The lowest BCUT2D eigenvalue weighted by molar-refractivity contribution is -0.135. The molecule has 0 saturated heterocycles. The third-order valence-corrected chi connectivity index (χ3v) is 4.87. The first kappa shape index (κ1) is 19.5. The highest BCUT2D eigenvalue weighted by atomic mass is 16.6. The van der Waals surface area contributed by atoms with Crippen LogP contribution in [-0.4, -0.2) is 28.8 Å². The molecule has 1 aliphatic heterocycles. The average molecular weight is 399 g/mol. The first-order chi connectivity index (χ1) is 14.5. The van der Waals surface area contributed by atoms with Crippen molar-refractivity contribution >= 4 is 17.8 Å². The van der Waals surface area contributed by atoms with Crippen molar-refractivity contribution in [1.29, 1.82) is 0 Å². The van der Waals surface area contributed by atoms with Crippen LogP contribution in [0.4, 0.5) is 0 Å². The van der Waals surface area contributed by atoms with E-state index < -0.39 is 18.1 Å². The van der Waals surface area contributed by atoms with E-state index in [0.29, 0.717) is 11.1 Å². The second-order valence-electron chi connectivity index (χ2n) is 7.27. The molecule has 1 amide bonds. The molecule has 3 aromatic rings. The molecule has 2 aromatic carbocycles. The number of aliphatic imine (C=N–C) groups is 1. The number of nitrogens with one attached hydrogen (secondary N) is 1. The summed E-state index contributed by atoms with van der Waals surface area (Å²) in [5.74, 6) is -0.526. The molecule has 30 heavy (non-hydrogen) atoms. The average Bonchev–Trinajstić information content (AvgIpc) is 3.14. The van der Waals surface area contributed by atoms with Gasteiger partial charge in [0.05, 0.1) is 6.04 Å². The quantitative estimate of drug-likeness (QED) is 0.666. The maximum Gasteiger partial charge on any atom is 0.340 e. The van der Waals surface area contributed by atoms with Crippen LogP contribution in [0, 0.1) is 13.8 Å². The van der Waals surface area contributed by atoms with Crippen LogP contribution in [0.2, 0.25) is 0 Å². The standard InChI is InChI=1S/C24H21N3O3/c1-15-12-16(2)14-19(13-15)22(28)26-20(17-8-10-25-11-9-17)21-24(29)30-23(27-21)18-6-4-3-5-7-18/h3-14,20-21H,1-2H3,(H,26,28)/t20-,21-/m1/s1. The van der Waals surface area contributed by atoms with Crippen molar-refractivity contribution in [2.75, 3.05) is 0 Å². The van der Waals surface area contributed by atoms with Gasteiger partial charge < -0.3 is 10.1 Å². The lowest BCUT2D eigenvalue weighted by Gasteiger charge is -2.21. The number of cyclic esters (lactones) is 1. The summed E-state index contributed by atoms with van der Waals surface area (Å²) in [6.45, 7) is 3.88. The molecule has 1 N–H and O–H groups in total. The topological polar surface area (TPSA) is 80.7 Å². The summed E-state index contributed by atoms with van der Waals surface area (Å²) in [6.07, 6.45) is 3.24. The van der Waals surface area contributed by atoms with E-state index in [0.717, 1.165) is 16.7 Å². The van der Waals surface area contributed by atoms with Gasteiger partial charge in [-0.25, -0.2) is 9.79 Å². The fraction of sp³-hybridized carbons (Fsp3) is 0.167. The smallest absolute Gasteiger partial charge is 0.340 e. The Bertz CT molecular complexity index is 1090. The Morgan fingerprint density at radius 2 is 1.67 bits per heavy atom. The highest BCUT2D eigenvalue weighted by molar-refractivity contribution is 6.06. The molecule has 6 heteroatoms. The van der Waals surface area contributed by atoms with Gasteiger partial charge in [-0.3, -0.25) is 9.78 Å². The molecule has 0 unspecified atom stereocenters. The van der Waals surface area contributed by atoms with E-state index in [4.69, 9.17) is 4.74 Å². The van der Waals surface area contributed by atoms with Crippen LogP contribution in [-0.2, 0) is 9.53 Å². The van der Waals surface area contributed by atoms with Crippen molar-refractivity contribution in [2.24, 2.45) is 4.99 Å². The fourth-order valence-corrected chi connectivity index (χ4v) is 3.53. The molecular formula is C24H21N3O3. The van der Waals surface area contributed by atoms with E-state index >= 15 is 0 Å². The second-order valence-corrected chi connectivity index (χ2v) is 7.27. The zero-order valence-electron chi connectivity index (χ0n) is 16.7. The highest BCUT2D eigenvalue weighted by Gasteiger charge is 2.38. The SMILES string of the molecule is Cc1cc(C)cc(C(=O)N[C@H](c2ccncc2)[C@H]2N=C(c3ccccc3)OC2=O)c1. The number of hydrogen-bond donors (Lipinski definition) is 1. The Labute approximate surface area is 174 Å². The number of esters is 1. The molecule has 2 heterocycles. The Balaban J connectivity index is 1.68. The van der Waals surface area contributed by atoms with Gasteiger partial charge >= 0.3 is 5.97 Å². The molecule has 0 fully saturated rings. The Morgan fingerprint density at radius 1 is 1.00 bits per heavy atom. The molecule has 0 saturated carbocycles. The van der Waals surface area contributed by atoms with Gasteiger partial charge in [-0.1, -0.05) is 35.4 Å². The van der Waals surface area contributed by atoms with E-state index in [9.17, 15) is 9.59 Å². The van der Waals surface area contributed by atoms with E-state index in [1.165, 1.54) is 0 Å². The number of pyridine rings is 1. The zero-order valence-corrected chi connectivity index (χ0v) is 16.7. The number of ether oxygens (including phenoxy) is 1. The Hall–Kier alpha value is -3.80. The van der Waals surface area contributed by atoms with Crippen LogP contribution in [0.1, 0.15) is 38.7 Å². The van der Waals surface area contributed by atoms with Crippen LogP contribution in [0.3, 0.4) is 0 Å². The molecule has 150 valence electrons. The fourth-order valence-electron chi connectivity index (χ4n) is 3.53. The number of aromatic nitrogens is 1. The normalized spacial score (nSPS) is 16.5. The van der Waals surface area contributed by atoms with Gasteiger partial charge in [-0.05, 0) is 55.8 Å². The maximum atomic E-state index is 13.0. The number of rotatable bonds is 5. The first-order valence-electron chi connectivity index (χ1n) is 9.65. The number of hydrogen-bond acceptors (Lipinski definition) is 5. The second kappa shape index (κ2) is 8.29. The molecule has 0 radical (unpaired) electrons. The highest BCUT2D eigenvalue weighted by Crippen LogP contribution is 2.26. The van der Waals surface area contributed by atoms with Crippen molar-refractivity contribution in [3.05, 3.63) is 101 Å². The molecule has 0 aliphatic carbocycles. The zero-order chi connectivity index (χ0) is 21.1. The summed E-state index contributed by atoms with van der Waals surface area (Å²) in [7, 11) is 0. The van der Waals surface area contributed by atoms with Gasteiger partial charge in [-0.2, -0.15) is 0 Å². The molecular weight excluding hydrogens is 378 g/mol. The Kier molecular flexibility index (Phi) is 5.39. The molecule has 6 nitrogen and oxygen atoms in total. The summed E-state index contributed by atoms with van der Waals surface area (Å²) in [4.78, 5) is 34.3. The lowest BCUT2D eigenvalue weighted by atomic mass is 9.99. The van der Waals surface area contributed by atoms with Gasteiger partial charge in [0.1, 0.15) is 0 Å². The van der Waals surface area contributed by atoms with E-state index in [1.807, 2.05) is 62.4 Å². The molecule has 4 rings (SSSR count). The van der Waals surface area contributed by atoms with Crippen molar-refractivity contribution in [1.82, 2.24) is 10.3 Å². The van der Waals surface area contributed by atoms with Crippen molar-refractivity contribution < 1.29 is 14.3 Å². The summed E-state index contributed by atoms with van der Waals surface area (Å²) in [5.41, 5.74) is 3.95. The molecule has 1 aromatic heterocycles. The number of carbonyl (C=O) groups excluding carboxylic acids is 2. The molecule has 1 aliphatic rings. The summed E-state index contributed by atoms with van der Waals surface area (Å²) in [5, 5.41) is 2.97. The minimum atomic E-state index is -0.891. The summed E-state index contributed by atoms with van der Waals surface area (Å²) in [6, 6.07) is 16.8.